The summed E-state index contributed by atoms with van der Waals surface area (Å²) in [4.78, 5) is 25.6. The maximum absolute atomic E-state index is 15.7. The van der Waals surface area contributed by atoms with Gasteiger partial charge in [-0.3, -0.25) is 4.79 Å². The molecule has 0 aliphatic carbocycles. The molecule has 4 unspecified atom stereocenters. The minimum atomic E-state index is -1.71. The molecule has 1 aliphatic rings. The molecule has 6 nitrogen and oxygen atoms in total. The van der Waals surface area contributed by atoms with Crippen LogP contribution in [-0.4, -0.2) is 31.1 Å². The lowest BCUT2D eigenvalue weighted by molar-refractivity contribution is -0.123. The van der Waals surface area contributed by atoms with Crippen molar-refractivity contribution in [3.63, 3.8) is 0 Å². The van der Waals surface area contributed by atoms with E-state index >= 15 is 8.78 Å². The number of esters is 1. The number of halogens is 4. The first-order valence-electron chi connectivity index (χ1n) is 13.3. The van der Waals surface area contributed by atoms with Crippen molar-refractivity contribution in [1.82, 2.24) is 10.6 Å². The number of methoxy groups -OCH3 is 1. The first-order valence-corrected chi connectivity index (χ1v) is 14.1. The van der Waals surface area contributed by atoms with Gasteiger partial charge in [0, 0.05) is 29.1 Å². The van der Waals surface area contributed by atoms with Crippen molar-refractivity contribution in [2.45, 2.75) is 57.2 Å². The average molecular weight is 615 g/mol. The van der Waals surface area contributed by atoms with Gasteiger partial charge in [-0.05, 0) is 53.3 Å². The van der Waals surface area contributed by atoms with Crippen LogP contribution < -0.4 is 10.6 Å². The van der Waals surface area contributed by atoms with Crippen LogP contribution in [0.4, 0.5) is 8.78 Å². The fraction of sp³-hybridized carbons (Fsp3) is 0.344. The molecular weight excluding hydrogens is 583 g/mol. The molecule has 4 atom stereocenters. The van der Waals surface area contributed by atoms with Crippen LogP contribution in [0.5, 0.6) is 0 Å². The van der Waals surface area contributed by atoms with Gasteiger partial charge in [-0.1, -0.05) is 74.3 Å². The summed E-state index contributed by atoms with van der Waals surface area (Å²) < 4.78 is 36.2. The molecule has 42 heavy (non-hydrogen) atoms. The molecule has 1 heterocycles. The summed E-state index contributed by atoms with van der Waals surface area (Å²) in [6.07, 6.45) is 0.361. The van der Waals surface area contributed by atoms with Gasteiger partial charge in [0.05, 0.1) is 29.8 Å². The molecule has 0 saturated carbocycles. The van der Waals surface area contributed by atoms with Gasteiger partial charge in [-0.2, -0.15) is 5.26 Å². The van der Waals surface area contributed by atoms with Crippen LogP contribution in [-0.2, 0) is 21.5 Å². The van der Waals surface area contributed by atoms with Gasteiger partial charge in [0.25, 0.3) is 0 Å². The maximum Gasteiger partial charge on any atom is 0.337 e. The lowest BCUT2D eigenvalue weighted by atomic mass is 9.62. The highest BCUT2D eigenvalue weighted by Crippen LogP contribution is 2.52. The molecule has 1 saturated heterocycles. The SMILES string of the molecule is COC(=O)c1ccc(CNC(=O)C2NC(CC(C)(C)C)C(C#N)(c3ccc(Cl)cc3F)C2c2cccc(Cl)c2F)cc1. The minimum absolute atomic E-state index is 0.00854. The monoisotopic (exact) mass is 613 g/mol. The van der Waals surface area contributed by atoms with Gasteiger partial charge in [0.1, 0.15) is 17.0 Å². The lowest BCUT2D eigenvalue weighted by Crippen LogP contribution is -2.45. The van der Waals surface area contributed by atoms with Crippen molar-refractivity contribution >= 4 is 35.1 Å². The average Bonchev–Trinajstić information content (AvgIpc) is 3.25. The zero-order valence-corrected chi connectivity index (χ0v) is 25.1. The molecule has 0 aromatic heterocycles. The predicted molar refractivity (Wildman–Crippen MR) is 157 cm³/mol. The van der Waals surface area contributed by atoms with E-state index in [1.807, 2.05) is 20.8 Å². The molecule has 4 rings (SSSR count). The Hall–Kier alpha value is -3.51. The zero-order valence-electron chi connectivity index (χ0n) is 23.6. The third-order valence-corrected chi connectivity index (χ3v) is 8.10. The largest absolute Gasteiger partial charge is 0.465 e. The molecule has 1 amide bonds. The lowest BCUT2D eigenvalue weighted by Gasteiger charge is -2.37. The Bertz CT molecular complexity index is 1540. The van der Waals surface area contributed by atoms with Crippen molar-refractivity contribution in [2.75, 3.05) is 7.11 Å². The van der Waals surface area contributed by atoms with Crippen LogP contribution in [0.1, 0.15) is 60.2 Å². The highest BCUT2D eigenvalue weighted by atomic mass is 35.5. The number of hydrogen-bond donors (Lipinski definition) is 2. The molecule has 1 fully saturated rings. The summed E-state index contributed by atoms with van der Waals surface area (Å²) in [6, 6.07) is 15.3. The summed E-state index contributed by atoms with van der Waals surface area (Å²) in [7, 11) is 1.29. The number of benzene rings is 3. The van der Waals surface area contributed by atoms with E-state index in [9.17, 15) is 14.9 Å². The quantitative estimate of drug-likeness (QED) is 0.289. The second kappa shape index (κ2) is 12.4. The molecule has 220 valence electrons. The second-order valence-corrected chi connectivity index (χ2v) is 12.4. The molecule has 3 aromatic rings. The summed E-state index contributed by atoms with van der Waals surface area (Å²) in [5.41, 5.74) is -0.986. The molecule has 0 spiro atoms. The van der Waals surface area contributed by atoms with Crippen LogP contribution in [0.3, 0.4) is 0 Å². The molecule has 2 N–H and O–H groups in total. The van der Waals surface area contributed by atoms with Crippen molar-refractivity contribution in [2.24, 2.45) is 5.41 Å². The molecule has 3 aromatic carbocycles. The first-order chi connectivity index (χ1) is 19.8. The smallest absolute Gasteiger partial charge is 0.337 e. The van der Waals surface area contributed by atoms with E-state index in [4.69, 9.17) is 27.9 Å². The molecular formula is C32H31Cl2F2N3O3. The third-order valence-electron chi connectivity index (χ3n) is 7.57. The summed E-state index contributed by atoms with van der Waals surface area (Å²) in [6.45, 7) is 5.99. The second-order valence-electron chi connectivity index (χ2n) is 11.6. The molecule has 10 heteroatoms. The van der Waals surface area contributed by atoms with Gasteiger partial charge in [-0.15, -0.1) is 0 Å². The van der Waals surface area contributed by atoms with E-state index < -0.39 is 46.9 Å². The fourth-order valence-electron chi connectivity index (χ4n) is 5.73. The van der Waals surface area contributed by atoms with Crippen molar-refractivity contribution < 1.29 is 23.1 Å². The highest BCUT2D eigenvalue weighted by molar-refractivity contribution is 6.31. The Morgan fingerprint density at radius 1 is 1.10 bits per heavy atom. The highest BCUT2D eigenvalue weighted by Gasteiger charge is 2.61. The Morgan fingerprint density at radius 2 is 1.79 bits per heavy atom. The number of nitriles is 1. The number of rotatable bonds is 7. The Balaban J connectivity index is 1.82. The van der Waals surface area contributed by atoms with Crippen molar-refractivity contribution in [1.29, 1.82) is 5.26 Å². The summed E-state index contributed by atoms with van der Waals surface area (Å²) >= 11 is 12.2. The zero-order chi connectivity index (χ0) is 30.8. The van der Waals surface area contributed by atoms with Gasteiger partial charge in [0.2, 0.25) is 5.91 Å². The van der Waals surface area contributed by atoms with Crippen LogP contribution >= 0.6 is 23.2 Å². The third kappa shape index (κ3) is 6.14. The van der Waals surface area contributed by atoms with Crippen LogP contribution in [0.25, 0.3) is 0 Å². The fourth-order valence-corrected chi connectivity index (χ4v) is 6.07. The number of nitrogens with zero attached hydrogens (tertiary/aromatic N) is 1. The van der Waals surface area contributed by atoms with E-state index in [1.165, 1.54) is 37.4 Å². The standard InChI is InChI=1S/C32H31Cl2F2N3O3/c1-31(2,3)15-25-32(17-37,22-13-12-20(33)14-24(22)35)26(21-6-5-7-23(34)27(21)36)28(39-25)29(40)38-16-18-8-10-19(11-9-18)30(41)42-4/h5-14,25-26,28,39H,15-16H2,1-4H3,(H,38,40). The Labute approximate surface area is 254 Å². The van der Waals surface area contributed by atoms with Gasteiger partial charge in [0.15, 0.2) is 0 Å². The molecule has 1 aliphatic heterocycles. The van der Waals surface area contributed by atoms with E-state index in [1.54, 1.807) is 24.3 Å². The number of amides is 1. The van der Waals surface area contributed by atoms with Crippen molar-refractivity contribution in [3.05, 3.63) is 105 Å². The number of ether oxygens (including phenoxy) is 1. The van der Waals surface area contributed by atoms with Gasteiger partial charge >= 0.3 is 5.97 Å². The van der Waals surface area contributed by atoms with Crippen LogP contribution in [0.2, 0.25) is 10.0 Å². The summed E-state index contributed by atoms with van der Waals surface area (Å²) in [5.74, 6) is -3.68. The maximum atomic E-state index is 15.7. The van der Waals surface area contributed by atoms with E-state index in [0.717, 1.165) is 6.07 Å². The Morgan fingerprint density at radius 3 is 2.38 bits per heavy atom. The first kappa shape index (κ1) is 31.4. The van der Waals surface area contributed by atoms with E-state index in [2.05, 4.69) is 16.7 Å². The van der Waals surface area contributed by atoms with Crippen LogP contribution in [0, 0.1) is 28.4 Å². The minimum Gasteiger partial charge on any atom is -0.465 e. The molecule has 0 bridgehead atoms. The van der Waals surface area contributed by atoms with Crippen LogP contribution in [0.15, 0.2) is 60.7 Å². The normalized spacial score (nSPS) is 21.9. The predicted octanol–water partition coefficient (Wildman–Crippen LogP) is 6.70. The number of hydrogen-bond acceptors (Lipinski definition) is 5. The Kier molecular flexibility index (Phi) is 9.27. The number of nitrogens with one attached hydrogen (secondary N) is 2. The summed E-state index contributed by atoms with van der Waals surface area (Å²) in [5, 5.41) is 17.0. The van der Waals surface area contributed by atoms with E-state index in [-0.39, 0.29) is 33.1 Å². The van der Waals surface area contributed by atoms with E-state index in [0.29, 0.717) is 17.5 Å². The van der Waals surface area contributed by atoms with Crippen molar-refractivity contribution in [3.8, 4) is 6.07 Å². The van der Waals surface area contributed by atoms with Gasteiger partial charge < -0.3 is 15.4 Å². The van der Waals surface area contributed by atoms with Gasteiger partial charge in [-0.25, -0.2) is 13.6 Å². The topological polar surface area (TPSA) is 91.2 Å². The number of carbonyl (C=O) groups excluding carboxylic acids is 2. The number of carbonyl (C=O) groups is 2. The molecule has 0 radical (unpaired) electrons.